The molecule has 0 bridgehead atoms. The lowest BCUT2D eigenvalue weighted by atomic mass is 9.68. The number of hydrogen-bond acceptors (Lipinski definition) is 1. The molecule has 0 spiro atoms. The van der Waals surface area contributed by atoms with E-state index in [1.807, 2.05) is 0 Å². The molecule has 3 aliphatic rings. The van der Waals surface area contributed by atoms with Crippen molar-refractivity contribution in [2.75, 3.05) is 4.90 Å². The lowest BCUT2D eigenvalue weighted by Crippen LogP contribution is -2.33. The molecule has 14 rings (SSSR count). The van der Waals surface area contributed by atoms with E-state index in [0.29, 0.717) is 0 Å². The molecule has 0 radical (unpaired) electrons. The van der Waals surface area contributed by atoms with E-state index in [1.54, 1.807) is 0 Å². The van der Waals surface area contributed by atoms with Crippen LogP contribution < -0.4 is 4.90 Å². The summed E-state index contributed by atoms with van der Waals surface area (Å²) in [6, 6.07) is 95.5. The maximum absolute atomic E-state index is 2.62. The van der Waals surface area contributed by atoms with Crippen molar-refractivity contribution >= 4 is 17.1 Å². The summed E-state index contributed by atoms with van der Waals surface area (Å²) >= 11 is 0. The minimum absolute atomic E-state index is 0.201. The fourth-order valence-corrected chi connectivity index (χ4v) is 13.4. The Balaban J connectivity index is 1.15. The van der Waals surface area contributed by atoms with Gasteiger partial charge in [-0.25, -0.2) is 0 Å². The first-order valence-electron chi connectivity index (χ1n) is 25.8. The van der Waals surface area contributed by atoms with Crippen molar-refractivity contribution in [1.82, 2.24) is 4.57 Å². The standard InChI is InChI=1S/C71H54N2/c1-69(2)59-38-22-20-35-54(59)56-43-41-52(45-61(56)69)72(53-42-44-57-55-36-21-23-39-60(55)70(3,4)62(57)46-53)63-40-24-37-58-65-64(47-25-10-5-11-26-47)67(48-27-12-6-13-28-48)73(51-33-18-9-19-34-51)68(65)71(66(58)63,49-29-14-7-15-30-49)50-31-16-8-17-32-50/h5-46H,1-4H3. The van der Waals surface area contributed by atoms with Crippen LogP contribution in [0.25, 0.3) is 61.5 Å². The predicted molar refractivity (Wildman–Crippen MR) is 304 cm³/mol. The largest absolute Gasteiger partial charge is 0.311 e. The van der Waals surface area contributed by atoms with Crippen molar-refractivity contribution in [3.8, 4) is 61.5 Å². The number of benzene rings is 10. The summed E-state index contributed by atoms with van der Waals surface area (Å²) in [6.45, 7) is 9.58. The predicted octanol–water partition coefficient (Wildman–Crippen LogP) is 18.3. The van der Waals surface area contributed by atoms with Crippen LogP contribution in [0.4, 0.5) is 17.1 Å². The van der Waals surface area contributed by atoms with Crippen molar-refractivity contribution in [1.29, 1.82) is 0 Å². The third-order valence-electron chi connectivity index (χ3n) is 16.6. The average Bonchev–Trinajstić information content (AvgIpc) is 4.12. The summed E-state index contributed by atoms with van der Waals surface area (Å²) in [5, 5.41) is 0. The first-order chi connectivity index (χ1) is 35.8. The molecule has 73 heavy (non-hydrogen) atoms. The van der Waals surface area contributed by atoms with Crippen molar-refractivity contribution < 1.29 is 0 Å². The molecule has 2 nitrogen and oxygen atoms in total. The van der Waals surface area contributed by atoms with Gasteiger partial charge in [-0.2, -0.15) is 0 Å². The number of fused-ring (bicyclic) bond motifs is 9. The highest BCUT2D eigenvalue weighted by molar-refractivity contribution is 6.05. The second kappa shape index (κ2) is 16.2. The van der Waals surface area contributed by atoms with Gasteiger partial charge in [-0.05, 0) is 115 Å². The third kappa shape index (κ3) is 6.11. The quantitative estimate of drug-likeness (QED) is 0.147. The van der Waals surface area contributed by atoms with Gasteiger partial charge in [0.25, 0.3) is 0 Å². The molecule has 348 valence electrons. The van der Waals surface area contributed by atoms with Crippen molar-refractivity contribution in [3.05, 3.63) is 299 Å². The number of para-hydroxylation sites is 1. The maximum atomic E-state index is 2.62. The van der Waals surface area contributed by atoms with Gasteiger partial charge in [0.15, 0.2) is 0 Å². The lowest BCUT2D eigenvalue weighted by molar-refractivity contribution is 0.660. The molecule has 0 atom stereocenters. The normalized spacial score (nSPS) is 14.6. The van der Waals surface area contributed by atoms with E-state index >= 15 is 0 Å². The molecule has 0 saturated heterocycles. The highest BCUT2D eigenvalue weighted by Gasteiger charge is 2.53. The second-order valence-electron chi connectivity index (χ2n) is 21.2. The minimum Gasteiger partial charge on any atom is -0.311 e. The number of rotatable bonds is 8. The smallest absolute Gasteiger partial charge is 0.0890 e. The molecule has 2 heteroatoms. The molecule has 3 aliphatic carbocycles. The molecule has 0 saturated carbocycles. The van der Waals surface area contributed by atoms with Gasteiger partial charge in [-0.1, -0.05) is 240 Å². The zero-order valence-corrected chi connectivity index (χ0v) is 41.6. The van der Waals surface area contributed by atoms with E-state index in [4.69, 9.17) is 0 Å². The Labute approximate surface area is 429 Å². The third-order valence-corrected chi connectivity index (χ3v) is 16.6. The highest BCUT2D eigenvalue weighted by Crippen LogP contribution is 2.65. The SMILES string of the molecule is CC1(C)c2ccccc2-c2ccc(N(c3ccc4c(c3)C(C)(C)c3ccccc3-4)c3cccc4c3C(c3ccccc3)(c3ccccc3)c3c-4c(-c4ccccc4)c(-c4ccccc4)n3-c3ccccc3)cc21. The fraction of sp³-hybridized carbons (Fsp3) is 0.0986. The molecule has 10 aromatic carbocycles. The summed E-state index contributed by atoms with van der Waals surface area (Å²) < 4.78 is 2.62. The van der Waals surface area contributed by atoms with E-state index in [0.717, 1.165) is 28.3 Å². The summed E-state index contributed by atoms with van der Waals surface area (Å²) in [7, 11) is 0. The van der Waals surface area contributed by atoms with Crippen LogP contribution in [-0.4, -0.2) is 4.57 Å². The van der Waals surface area contributed by atoms with E-state index in [2.05, 4.69) is 292 Å². The molecule has 1 aromatic heterocycles. The van der Waals surface area contributed by atoms with Crippen LogP contribution in [0.1, 0.15) is 72.3 Å². The van der Waals surface area contributed by atoms with Crippen LogP contribution in [0, 0.1) is 0 Å². The molecular weight excluding hydrogens is 881 g/mol. The van der Waals surface area contributed by atoms with Crippen LogP contribution in [0.5, 0.6) is 0 Å². The molecule has 0 amide bonds. The summed E-state index contributed by atoms with van der Waals surface area (Å²) in [6.07, 6.45) is 0. The summed E-state index contributed by atoms with van der Waals surface area (Å²) in [4.78, 5) is 2.61. The van der Waals surface area contributed by atoms with Gasteiger partial charge in [0.2, 0.25) is 0 Å². The Morgan fingerprint density at radius 3 is 1.29 bits per heavy atom. The van der Waals surface area contributed by atoms with Gasteiger partial charge < -0.3 is 9.47 Å². The summed E-state index contributed by atoms with van der Waals surface area (Å²) in [5.41, 5.74) is 26.1. The molecule has 0 aliphatic heterocycles. The first-order valence-corrected chi connectivity index (χ1v) is 25.8. The Bertz CT molecular complexity index is 3790. The molecule has 0 N–H and O–H groups in total. The Morgan fingerprint density at radius 2 is 0.767 bits per heavy atom. The van der Waals surface area contributed by atoms with Crippen molar-refractivity contribution in [3.63, 3.8) is 0 Å². The highest BCUT2D eigenvalue weighted by atomic mass is 15.2. The van der Waals surface area contributed by atoms with Gasteiger partial charge in [0.05, 0.1) is 22.5 Å². The number of aromatic nitrogens is 1. The van der Waals surface area contributed by atoms with Crippen molar-refractivity contribution in [2.24, 2.45) is 0 Å². The number of hydrogen-bond donors (Lipinski definition) is 0. The van der Waals surface area contributed by atoms with Crippen LogP contribution in [0.3, 0.4) is 0 Å². The van der Waals surface area contributed by atoms with Gasteiger partial charge in [-0.15, -0.1) is 0 Å². The Hall–Kier alpha value is -8.72. The minimum atomic E-state index is -0.826. The van der Waals surface area contributed by atoms with Crippen LogP contribution in [0.2, 0.25) is 0 Å². The topological polar surface area (TPSA) is 8.17 Å². The van der Waals surface area contributed by atoms with E-state index in [9.17, 15) is 0 Å². The second-order valence-corrected chi connectivity index (χ2v) is 21.2. The van der Waals surface area contributed by atoms with Gasteiger partial charge >= 0.3 is 0 Å². The zero-order valence-electron chi connectivity index (χ0n) is 41.6. The lowest BCUT2D eigenvalue weighted by Gasteiger charge is -2.39. The zero-order chi connectivity index (χ0) is 49.1. The monoisotopic (exact) mass is 934 g/mol. The van der Waals surface area contributed by atoms with Gasteiger partial charge in [-0.3, -0.25) is 0 Å². The van der Waals surface area contributed by atoms with E-state index < -0.39 is 5.41 Å². The number of anilines is 3. The van der Waals surface area contributed by atoms with E-state index in [-0.39, 0.29) is 10.8 Å². The molecule has 0 unspecified atom stereocenters. The molecule has 11 aromatic rings. The Morgan fingerprint density at radius 1 is 0.342 bits per heavy atom. The average molecular weight is 935 g/mol. The van der Waals surface area contributed by atoms with Gasteiger partial charge in [0.1, 0.15) is 0 Å². The summed E-state index contributed by atoms with van der Waals surface area (Å²) in [5.74, 6) is 0. The molecule has 1 heterocycles. The maximum Gasteiger partial charge on any atom is 0.0890 e. The Kier molecular flexibility index (Phi) is 9.54. The van der Waals surface area contributed by atoms with Gasteiger partial charge in [0, 0.05) is 44.6 Å². The first kappa shape index (κ1) is 43.1. The van der Waals surface area contributed by atoms with E-state index in [1.165, 1.54) is 94.8 Å². The fourth-order valence-electron chi connectivity index (χ4n) is 13.4. The van der Waals surface area contributed by atoms with Crippen molar-refractivity contribution in [2.45, 2.75) is 43.9 Å². The van der Waals surface area contributed by atoms with Crippen LogP contribution >= 0.6 is 0 Å². The van der Waals surface area contributed by atoms with Crippen LogP contribution in [-0.2, 0) is 16.2 Å². The number of nitrogens with zero attached hydrogens (tertiary/aromatic N) is 2. The molecular formula is C71H54N2. The van der Waals surface area contributed by atoms with Crippen LogP contribution in [0.15, 0.2) is 255 Å². The molecule has 0 fully saturated rings.